The van der Waals surface area contributed by atoms with Gasteiger partial charge in [-0.25, -0.2) is 0 Å². The molecule has 0 aliphatic heterocycles. The van der Waals surface area contributed by atoms with Crippen molar-refractivity contribution in [2.24, 2.45) is 0 Å². The van der Waals surface area contributed by atoms with Crippen LogP contribution in [-0.4, -0.2) is 36.0 Å². The minimum Gasteiger partial charge on any atom is -0.490 e. The lowest BCUT2D eigenvalue weighted by atomic mass is 10.1. The maximum absolute atomic E-state index is 12.5. The molecule has 2 rings (SSSR count). The van der Waals surface area contributed by atoms with Crippen molar-refractivity contribution in [1.82, 2.24) is 4.90 Å². The third-order valence-corrected chi connectivity index (χ3v) is 4.20. The molecule has 0 saturated carbocycles. The van der Waals surface area contributed by atoms with Gasteiger partial charge in [0, 0.05) is 19.2 Å². The Morgan fingerprint density at radius 2 is 1.81 bits per heavy atom. The van der Waals surface area contributed by atoms with Crippen LogP contribution in [-0.2, 0) is 4.79 Å². The zero-order chi connectivity index (χ0) is 19.8. The number of likely N-dealkylation sites (N-methyl/N-ethyl adjacent to an activating group) is 1. The average molecular weight is 372 g/mol. The van der Waals surface area contributed by atoms with Crippen LogP contribution in [0.3, 0.4) is 0 Å². The van der Waals surface area contributed by atoms with E-state index in [0.717, 1.165) is 6.42 Å². The molecule has 1 amide bonds. The van der Waals surface area contributed by atoms with Crippen LogP contribution in [0.4, 0.5) is 5.69 Å². The summed E-state index contributed by atoms with van der Waals surface area (Å²) in [5.74, 6) is 0.872. The zero-order valence-electron chi connectivity index (χ0n) is 15.8. The van der Waals surface area contributed by atoms with E-state index in [0.29, 0.717) is 23.7 Å². The van der Waals surface area contributed by atoms with Crippen LogP contribution in [0.5, 0.6) is 11.5 Å². The summed E-state index contributed by atoms with van der Waals surface area (Å²) in [7, 11) is 1.65. The van der Waals surface area contributed by atoms with Gasteiger partial charge in [-0.05, 0) is 31.0 Å². The molecule has 144 valence electrons. The number of ether oxygens (including phenoxy) is 2. The van der Waals surface area contributed by atoms with Gasteiger partial charge in [0.1, 0.15) is 0 Å². The molecule has 2 aromatic rings. The molecule has 7 heteroatoms. The van der Waals surface area contributed by atoms with Gasteiger partial charge in [-0.1, -0.05) is 31.2 Å². The van der Waals surface area contributed by atoms with Gasteiger partial charge in [0.15, 0.2) is 18.1 Å². The van der Waals surface area contributed by atoms with Crippen LogP contribution in [0.15, 0.2) is 48.5 Å². The number of benzene rings is 2. The van der Waals surface area contributed by atoms with Crippen molar-refractivity contribution < 1.29 is 19.2 Å². The molecular formula is C20H24N2O5. The summed E-state index contributed by atoms with van der Waals surface area (Å²) in [6, 6.07) is 13.2. The first kappa shape index (κ1) is 20.2. The summed E-state index contributed by atoms with van der Waals surface area (Å²) in [6.45, 7) is 4.24. The second-order valence-corrected chi connectivity index (χ2v) is 6.12. The molecular weight excluding hydrogens is 348 g/mol. The summed E-state index contributed by atoms with van der Waals surface area (Å²) >= 11 is 0. The van der Waals surface area contributed by atoms with Crippen molar-refractivity contribution in [2.75, 3.05) is 20.3 Å². The van der Waals surface area contributed by atoms with Crippen molar-refractivity contribution >= 4 is 11.6 Å². The Balaban J connectivity index is 2.01. The molecule has 0 heterocycles. The second-order valence-electron chi connectivity index (χ2n) is 6.12. The minimum absolute atomic E-state index is 0.00144. The highest BCUT2D eigenvalue weighted by atomic mass is 16.6. The molecule has 0 N–H and O–H groups in total. The fourth-order valence-electron chi connectivity index (χ4n) is 2.48. The maximum atomic E-state index is 12.5. The Labute approximate surface area is 158 Å². The van der Waals surface area contributed by atoms with E-state index in [-0.39, 0.29) is 24.2 Å². The first-order chi connectivity index (χ1) is 12.9. The van der Waals surface area contributed by atoms with Gasteiger partial charge in [-0.3, -0.25) is 14.9 Å². The van der Waals surface area contributed by atoms with E-state index in [2.05, 4.69) is 0 Å². The fraction of sp³-hybridized carbons (Fsp3) is 0.350. The topological polar surface area (TPSA) is 81.9 Å². The maximum Gasteiger partial charge on any atom is 0.269 e. The third-order valence-electron chi connectivity index (χ3n) is 4.20. The van der Waals surface area contributed by atoms with E-state index in [1.165, 1.54) is 17.0 Å². The first-order valence-corrected chi connectivity index (χ1v) is 8.78. The number of amides is 1. The molecule has 0 aliphatic carbocycles. The number of carbonyl (C=O) groups excluding carboxylic acids is 1. The van der Waals surface area contributed by atoms with Crippen LogP contribution in [0, 0.1) is 10.1 Å². The standard InChI is InChI=1S/C20H24N2O5/c1-4-12-26-18-10-5-6-11-19(18)27-14-20(23)21(3)15(2)16-8-7-9-17(13-16)22(24)25/h5-11,13,15H,4,12,14H2,1-3H3/t15-/m0/s1. The number of rotatable bonds is 9. The Morgan fingerprint density at radius 1 is 1.15 bits per heavy atom. The molecule has 0 radical (unpaired) electrons. The van der Waals surface area contributed by atoms with E-state index >= 15 is 0 Å². The lowest BCUT2D eigenvalue weighted by Gasteiger charge is -2.25. The quantitative estimate of drug-likeness (QED) is 0.491. The Hall–Kier alpha value is -3.09. The Bertz CT molecular complexity index is 793. The monoisotopic (exact) mass is 372 g/mol. The first-order valence-electron chi connectivity index (χ1n) is 8.78. The molecule has 2 aromatic carbocycles. The number of nitro groups is 1. The Kier molecular flexibility index (Phi) is 7.16. The van der Waals surface area contributed by atoms with E-state index < -0.39 is 4.92 Å². The lowest BCUT2D eigenvalue weighted by Crippen LogP contribution is -2.33. The number of hydrogen-bond donors (Lipinski definition) is 0. The van der Waals surface area contributed by atoms with Crippen LogP contribution in [0.2, 0.25) is 0 Å². The van der Waals surface area contributed by atoms with Gasteiger partial charge in [-0.2, -0.15) is 0 Å². The van der Waals surface area contributed by atoms with Crippen molar-refractivity contribution in [1.29, 1.82) is 0 Å². The van der Waals surface area contributed by atoms with E-state index in [1.807, 2.05) is 26.0 Å². The van der Waals surface area contributed by atoms with E-state index in [9.17, 15) is 14.9 Å². The zero-order valence-corrected chi connectivity index (χ0v) is 15.8. The fourth-order valence-corrected chi connectivity index (χ4v) is 2.48. The normalized spacial score (nSPS) is 11.5. The van der Waals surface area contributed by atoms with Crippen LogP contribution < -0.4 is 9.47 Å². The van der Waals surface area contributed by atoms with Gasteiger partial charge in [-0.15, -0.1) is 0 Å². The highest BCUT2D eigenvalue weighted by molar-refractivity contribution is 5.78. The van der Waals surface area contributed by atoms with E-state index in [1.54, 1.807) is 31.3 Å². The second kappa shape index (κ2) is 9.56. The van der Waals surface area contributed by atoms with Gasteiger partial charge in [0.2, 0.25) is 0 Å². The largest absolute Gasteiger partial charge is 0.490 e. The molecule has 0 unspecified atom stereocenters. The van der Waals surface area contributed by atoms with Crippen molar-refractivity contribution in [2.45, 2.75) is 26.3 Å². The SMILES string of the molecule is CCCOc1ccccc1OCC(=O)N(C)[C@@H](C)c1cccc([N+](=O)[O-])c1. The lowest BCUT2D eigenvalue weighted by molar-refractivity contribution is -0.384. The summed E-state index contributed by atoms with van der Waals surface area (Å²) in [5.41, 5.74) is 0.685. The highest BCUT2D eigenvalue weighted by Gasteiger charge is 2.20. The van der Waals surface area contributed by atoms with Crippen LogP contribution >= 0.6 is 0 Å². The highest BCUT2D eigenvalue weighted by Crippen LogP contribution is 2.27. The molecule has 0 saturated heterocycles. The van der Waals surface area contributed by atoms with Gasteiger partial charge >= 0.3 is 0 Å². The summed E-state index contributed by atoms with van der Waals surface area (Å²) in [5, 5.41) is 10.9. The number of non-ortho nitro benzene ring substituents is 1. The number of hydrogen-bond acceptors (Lipinski definition) is 5. The van der Waals surface area contributed by atoms with Gasteiger partial charge in [0.05, 0.1) is 17.6 Å². The molecule has 0 fully saturated rings. The number of carbonyl (C=O) groups is 1. The number of nitro benzene ring substituents is 1. The molecule has 1 atom stereocenters. The number of para-hydroxylation sites is 2. The van der Waals surface area contributed by atoms with Gasteiger partial charge < -0.3 is 14.4 Å². The van der Waals surface area contributed by atoms with E-state index in [4.69, 9.17) is 9.47 Å². The van der Waals surface area contributed by atoms with Crippen LogP contribution in [0.25, 0.3) is 0 Å². The summed E-state index contributed by atoms with van der Waals surface area (Å²) in [4.78, 5) is 24.5. The molecule has 0 spiro atoms. The Morgan fingerprint density at radius 3 is 2.44 bits per heavy atom. The van der Waals surface area contributed by atoms with Gasteiger partial charge in [0.25, 0.3) is 11.6 Å². The average Bonchev–Trinajstić information content (AvgIpc) is 2.69. The molecule has 0 aromatic heterocycles. The minimum atomic E-state index is -0.450. The van der Waals surface area contributed by atoms with Crippen LogP contribution in [0.1, 0.15) is 31.9 Å². The van der Waals surface area contributed by atoms with Crippen molar-refractivity contribution in [3.05, 3.63) is 64.2 Å². The molecule has 7 nitrogen and oxygen atoms in total. The third kappa shape index (κ3) is 5.44. The predicted molar refractivity (Wildman–Crippen MR) is 102 cm³/mol. The molecule has 0 bridgehead atoms. The molecule has 27 heavy (non-hydrogen) atoms. The predicted octanol–water partition coefficient (Wildman–Crippen LogP) is 3.98. The summed E-state index contributed by atoms with van der Waals surface area (Å²) in [6.07, 6.45) is 0.872. The van der Waals surface area contributed by atoms with Crippen molar-refractivity contribution in [3.8, 4) is 11.5 Å². The number of nitrogens with zero attached hydrogens (tertiary/aromatic N) is 2. The molecule has 0 aliphatic rings. The van der Waals surface area contributed by atoms with Crippen molar-refractivity contribution in [3.63, 3.8) is 0 Å². The summed E-state index contributed by atoms with van der Waals surface area (Å²) < 4.78 is 11.3. The smallest absolute Gasteiger partial charge is 0.269 e.